The number of ether oxygens (including phenoxy) is 1. The van der Waals surface area contributed by atoms with Gasteiger partial charge in [0.05, 0.1) is 0 Å². The minimum atomic E-state index is -0.562. The third kappa shape index (κ3) is 9.50. The molecule has 2 aliphatic heterocycles. The number of hydrogen-bond donors (Lipinski definition) is 3. The summed E-state index contributed by atoms with van der Waals surface area (Å²) in [6, 6.07) is 24.1. The molecular formula is C33H42N4O7S. The molecule has 0 bridgehead atoms. The maximum Gasteiger partial charge on any atom is 0.315 e. The lowest BCUT2D eigenvalue weighted by atomic mass is 9.99. The van der Waals surface area contributed by atoms with Crippen LogP contribution >= 0.6 is 11.3 Å². The summed E-state index contributed by atoms with van der Waals surface area (Å²) >= 11 is 1.79. The highest BCUT2D eigenvalue weighted by Crippen LogP contribution is 2.40. The third-order valence-corrected chi connectivity index (χ3v) is 8.64. The number of hydrogen-bond acceptors (Lipinski definition) is 5. The number of rotatable bonds is 9. The quantitative estimate of drug-likeness (QED) is 0.235. The molecule has 0 saturated carbocycles. The number of urea groups is 1. The number of carbonyl (C=O) groups is 2. The van der Waals surface area contributed by atoms with E-state index in [1.165, 1.54) is 52.0 Å². The third-order valence-electron chi connectivity index (χ3n) is 7.38. The number of anilines is 1. The van der Waals surface area contributed by atoms with E-state index in [-0.39, 0.29) is 33.8 Å². The van der Waals surface area contributed by atoms with Crippen molar-refractivity contribution in [3.8, 4) is 29.0 Å². The van der Waals surface area contributed by atoms with Gasteiger partial charge in [-0.25, -0.2) is 4.79 Å². The van der Waals surface area contributed by atoms with Crippen molar-refractivity contribution in [1.82, 2.24) is 15.5 Å². The van der Waals surface area contributed by atoms with E-state index >= 15 is 0 Å². The van der Waals surface area contributed by atoms with Crippen LogP contribution in [0.5, 0.6) is 5.75 Å². The Kier molecular flexibility index (Phi) is 15.7. The molecule has 0 spiro atoms. The first-order valence-corrected chi connectivity index (χ1v) is 14.7. The van der Waals surface area contributed by atoms with E-state index in [0.717, 1.165) is 30.9 Å². The maximum atomic E-state index is 12.5. The van der Waals surface area contributed by atoms with Gasteiger partial charge in [-0.15, -0.1) is 24.2 Å². The van der Waals surface area contributed by atoms with Gasteiger partial charge >= 0.3 is 6.03 Å². The van der Waals surface area contributed by atoms with E-state index in [0.29, 0.717) is 12.2 Å². The second-order valence-corrected chi connectivity index (χ2v) is 11.1. The Bertz CT molecular complexity index is 1520. The van der Waals surface area contributed by atoms with Gasteiger partial charge in [0.2, 0.25) is 5.91 Å². The van der Waals surface area contributed by atoms with Crippen molar-refractivity contribution >= 4 is 39.0 Å². The summed E-state index contributed by atoms with van der Waals surface area (Å²) in [5, 5.41) is 9.38. The van der Waals surface area contributed by atoms with Crippen molar-refractivity contribution < 1.29 is 36.2 Å². The van der Waals surface area contributed by atoms with E-state index in [4.69, 9.17) is 4.74 Å². The molecule has 242 valence electrons. The monoisotopic (exact) mass is 638 g/mol. The molecule has 2 saturated heterocycles. The fourth-order valence-electron chi connectivity index (χ4n) is 5.26. The van der Waals surface area contributed by atoms with Crippen LogP contribution in [0.4, 0.5) is 10.5 Å². The lowest BCUT2D eigenvalue weighted by Gasteiger charge is -2.15. The Morgan fingerprint density at radius 2 is 1.60 bits per heavy atom. The molecule has 1 aromatic heterocycles. The van der Waals surface area contributed by atoms with Gasteiger partial charge in [0.1, 0.15) is 18.4 Å². The standard InChI is InChI=1S/C31H32N4O3S.C2H2.4H2O/c36-30(27-20-32-31(37)34-27)33-23-11-9-22(10-12-23)29-26(25-5-1-2-6-28(25)39-29)19-21-7-13-24(14-8-21)38-18-17-35-15-3-4-16-35;1-2;;;;/h1-2,5-14,27H,3-4,15-20H2,(H,33,36)(H2,32,34,37);1-2H;4*1H2. The first-order chi connectivity index (χ1) is 20.1. The fourth-order valence-corrected chi connectivity index (χ4v) is 6.49. The molecule has 11 N–H and O–H groups in total. The van der Waals surface area contributed by atoms with Gasteiger partial charge in [-0.05, 0) is 84.8 Å². The van der Waals surface area contributed by atoms with Crippen LogP contribution in [0.15, 0.2) is 72.8 Å². The fraction of sp³-hybridized carbons (Fsp3) is 0.273. The molecule has 11 nitrogen and oxygen atoms in total. The molecule has 1 unspecified atom stereocenters. The molecule has 6 rings (SSSR count). The van der Waals surface area contributed by atoms with Gasteiger partial charge in [-0.1, -0.05) is 42.5 Å². The van der Waals surface area contributed by atoms with E-state index in [1.807, 2.05) is 24.3 Å². The van der Waals surface area contributed by atoms with Crippen LogP contribution in [-0.2, 0) is 11.2 Å². The van der Waals surface area contributed by atoms with Crippen LogP contribution in [0.1, 0.15) is 24.0 Å². The zero-order valence-corrected chi connectivity index (χ0v) is 25.7. The van der Waals surface area contributed by atoms with Gasteiger partial charge in [0, 0.05) is 28.4 Å². The average molecular weight is 639 g/mol. The molecule has 0 aliphatic carbocycles. The van der Waals surface area contributed by atoms with Crippen LogP contribution in [0, 0.1) is 12.8 Å². The molecule has 12 heteroatoms. The van der Waals surface area contributed by atoms with Crippen molar-refractivity contribution in [2.24, 2.45) is 0 Å². The summed E-state index contributed by atoms with van der Waals surface area (Å²) in [7, 11) is 0. The predicted octanol–water partition coefficient (Wildman–Crippen LogP) is 2.20. The van der Waals surface area contributed by atoms with Gasteiger partial charge in [0.15, 0.2) is 0 Å². The predicted molar refractivity (Wildman–Crippen MR) is 181 cm³/mol. The Hall–Kier alpha value is -4.48. The molecule has 2 fully saturated rings. The number of amides is 3. The maximum absolute atomic E-state index is 12.5. The number of fused-ring (bicyclic) bond motifs is 1. The van der Waals surface area contributed by atoms with Gasteiger partial charge < -0.3 is 42.6 Å². The molecular weight excluding hydrogens is 596 g/mol. The van der Waals surface area contributed by atoms with Crippen LogP contribution in [0.3, 0.4) is 0 Å². The lowest BCUT2D eigenvalue weighted by Crippen LogP contribution is -2.38. The van der Waals surface area contributed by atoms with E-state index in [1.54, 1.807) is 11.3 Å². The number of carbonyl (C=O) groups excluding carboxylic acids is 2. The minimum Gasteiger partial charge on any atom is -0.492 e. The smallest absolute Gasteiger partial charge is 0.315 e. The Morgan fingerprint density at radius 1 is 0.933 bits per heavy atom. The Morgan fingerprint density at radius 3 is 2.24 bits per heavy atom. The number of nitrogens with one attached hydrogen (secondary N) is 3. The molecule has 0 radical (unpaired) electrons. The van der Waals surface area contributed by atoms with Crippen LogP contribution in [0.25, 0.3) is 20.5 Å². The molecule has 45 heavy (non-hydrogen) atoms. The lowest BCUT2D eigenvalue weighted by molar-refractivity contribution is -0.117. The summed E-state index contributed by atoms with van der Waals surface area (Å²) in [5.74, 6) is 0.686. The number of terminal acetylenes is 1. The summed E-state index contributed by atoms with van der Waals surface area (Å²) in [5.41, 5.74) is 4.35. The zero-order valence-electron chi connectivity index (χ0n) is 24.9. The number of benzene rings is 3. The first-order valence-electron chi connectivity index (χ1n) is 13.9. The van der Waals surface area contributed by atoms with Crippen molar-refractivity contribution in [1.29, 1.82) is 0 Å². The highest BCUT2D eigenvalue weighted by Gasteiger charge is 2.26. The summed E-state index contributed by atoms with van der Waals surface area (Å²) in [6.07, 6.45) is 11.4. The van der Waals surface area contributed by atoms with Crippen molar-refractivity contribution in [2.75, 3.05) is 38.1 Å². The van der Waals surface area contributed by atoms with Crippen molar-refractivity contribution in [3.05, 3.63) is 83.9 Å². The summed E-state index contributed by atoms with van der Waals surface area (Å²) in [4.78, 5) is 27.5. The number of nitrogens with zero attached hydrogens (tertiary/aromatic N) is 1. The van der Waals surface area contributed by atoms with Gasteiger partial charge in [-0.2, -0.15) is 0 Å². The molecule has 4 aromatic rings. The second kappa shape index (κ2) is 18.4. The van der Waals surface area contributed by atoms with Crippen LogP contribution < -0.4 is 20.7 Å². The van der Waals surface area contributed by atoms with Gasteiger partial charge in [0.25, 0.3) is 0 Å². The second-order valence-electron chi connectivity index (χ2n) is 10.1. The number of likely N-dealkylation sites (tertiary alicyclic amines) is 1. The summed E-state index contributed by atoms with van der Waals surface area (Å²) in [6.45, 7) is 4.38. The van der Waals surface area contributed by atoms with E-state index < -0.39 is 6.04 Å². The van der Waals surface area contributed by atoms with Crippen molar-refractivity contribution in [3.63, 3.8) is 0 Å². The molecule has 1 atom stereocenters. The van der Waals surface area contributed by atoms with Gasteiger partial charge in [-0.3, -0.25) is 9.69 Å². The Balaban J connectivity index is 0.00000166. The molecule has 2 aliphatic rings. The molecule has 3 amide bonds. The normalized spacial score (nSPS) is 15.0. The SMILES string of the molecule is C#C.O.O.O.O.O=C1NCC(C(=O)Nc2ccc(-c3sc4ccccc4c3Cc3ccc(OCCN4CCCC4)cc3)cc2)N1. The zero-order chi connectivity index (χ0) is 28.6. The molecule has 3 heterocycles. The van der Waals surface area contributed by atoms with E-state index in [9.17, 15) is 9.59 Å². The minimum absolute atomic E-state index is 0. The topological polar surface area (TPSA) is 209 Å². The number of thiophene rings is 1. The highest BCUT2D eigenvalue weighted by molar-refractivity contribution is 7.22. The first kappa shape index (κ1) is 38.5. The molecule has 3 aromatic carbocycles. The largest absolute Gasteiger partial charge is 0.492 e. The Labute approximate surface area is 266 Å². The van der Waals surface area contributed by atoms with Crippen molar-refractivity contribution in [2.45, 2.75) is 25.3 Å². The van der Waals surface area contributed by atoms with Crippen LogP contribution in [0.2, 0.25) is 0 Å². The highest BCUT2D eigenvalue weighted by atomic mass is 32.1. The average Bonchev–Trinajstić information content (AvgIpc) is 3.77. The summed E-state index contributed by atoms with van der Waals surface area (Å²) < 4.78 is 7.26. The van der Waals surface area contributed by atoms with Crippen LogP contribution in [-0.4, -0.2) is 77.6 Å². The van der Waals surface area contributed by atoms with E-state index in [2.05, 4.69) is 82.2 Å².